The smallest absolute Gasteiger partial charge is 0.292 e. The highest BCUT2D eigenvalue weighted by atomic mass is 19.1. The number of anilines is 2. The summed E-state index contributed by atoms with van der Waals surface area (Å²) in [5.41, 5.74) is 10.1. The molecular weight excluding hydrogens is 515 g/mol. The summed E-state index contributed by atoms with van der Waals surface area (Å²) in [6.07, 6.45) is 10.4. The second kappa shape index (κ2) is 9.43. The van der Waals surface area contributed by atoms with E-state index in [4.69, 9.17) is 15.5 Å². The Morgan fingerprint density at radius 1 is 1.20 bits per heavy atom. The van der Waals surface area contributed by atoms with Gasteiger partial charge in [-0.3, -0.25) is 9.79 Å². The van der Waals surface area contributed by atoms with Crippen LogP contribution in [0.4, 0.5) is 15.9 Å². The molecule has 204 valence electrons. The molecule has 6 heterocycles. The average Bonchev–Trinajstić information content (AvgIpc) is 3.71. The van der Waals surface area contributed by atoms with Crippen molar-refractivity contribution in [2.45, 2.75) is 43.7 Å². The summed E-state index contributed by atoms with van der Waals surface area (Å²) in [5, 5.41) is 12.1. The molecule has 0 aliphatic carbocycles. The van der Waals surface area contributed by atoms with E-state index in [0.717, 1.165) is 37.1 Å². The average molecular weight is 543 g/mol. The molecule has 13 heteroatoms. The molecule has 0 saturated carbocycles. The van der Waals surface area contributed by atoms with Gasteiger partial charge in [-0.05, 0) is 50.0 Å². The summed E-state index contributed by atoms with van der Waals surface area (Å²) in [6.45, 7) is 0.318. The zero-order chi connectivity index (χ0) is 27.4. The molecule has 7 rings (SSSR count). The number of carbonyl (C=O) groups is 1. The van der Waals surface area contributed by atoms with E-state index in [1.54, 1.807) is 22.8 Å². The van der Waals surface area contributed by atoms with Crippen LogP contribution in [-0.4, -0.2) is 72.2 Å². The number of piperidine rings is 1. The molecular formula is C27H27FN10O2. The molecule has 2 fully saturated rings. The Bertz CT molecular complexity index is 1650. The molecule has 2 bridgehead atoms. The van der Waals surface area contributed by atoms with Crippen LogP contribution in [0.25, 0.3) is 5.65 Å². The summed E-state index contributed by atoms with van der Waals surface area (Å²) in [4.78, 5) is 29.4. The predicted octanol–water partition coefficient (Wildman–Crippen LogP) is 2.91. The molecule has 3 N–H and O–H groups in total. The lowest BCUT2D eigenvalue weighted by Crippen LogP contribution is -2.46. The van der Waals surface area contributed by atoms with Gasteiger partial charge in [0.05, 0.1) is 19.0 Å². The van der Waals surface area contributed by atoms with Crippen LogP contribution in [-0.2, 0) is 0 Å². The molecule has 0 spiro atoms. The number of nitrogens with one attached hydrogen (secondary N) is 1. The lowest BCUT2D eigenvalue weighted by molar-refractivity contribution is 0.0557. The number of nitrogens with two attached hydrogens (primary N) is 1. The normalized spacial score (nSPS) is 22.1. The van der Waals surface area contributed by atoms with Gasteiger partial charge in [-0.15, -0.1) is 10.2 Å². The van der Waals surface area contributed by atoms with Crippen LogP contribution in [0.5, 0.6) is 5.75 Å². The number of nitrogen functional groups attached to an aromatic ring is 1. The van der Waals surface area contributed by atoms with E-state index < -0.39 is 5.82 Å². The summed E-state index contributed by atoms with van der Waals surface area (Å²) >= 11 is 0. The minimum absolute atomic E-state index is 0.0985. The standard InChI is InChI=1S/C27H27FN10O2/c1-40-23-5-2-15(10-19(23)28)20-6-7-36(14-31-20)22-12-33-38-24(29)11-21(34-26(22)38)16-8-17-3-4-18(9-16)37(17)27(39)25-30-13-32-35-25/h2,5-7,10-13,16-18H,3-4,8-9,14,29H2,1H3,(H,30,32,35)/t16-,17+,18-. The van der Waals surface area contributed by atoms with Crippen molar-refractivity contribution in [1.29, 1.82) is 0 Å². The molecule has 40 heavy (non-hydrogen) atoms. The number of aromatic nitrogens is 6. The third-order valence-electron chi connectivity index (χ3n) is 8.07. The fourth-order valence-corrected chi connectivity index (χ4v) is 6.17. The van der Waals surface area contributed by atoms with Crippen LogP contribution in [0.1, 0.15) is 53.5 Å². The molecule has 2 saturated heterocycles. The Morgan fingerprint density at radius 3 is 2.70 bits per heavy atom. The highest BCUT2D eigenvalue weighted by Gasteiger charge is 2.45. The third-order valence-corrected chi connectivity index (χ3v) is 8.07. The second-order valence-corrected chi connectivity index (χ2v) is 10.3. The van der Waals surface area contributed by atoms with Crippen molar-refractivity contribution < 1.29 is 13.9 Å². The number of halogens is 1. The monoisotopic (exact) mass is 542 g/mol. The van der Waals surface area contributed by atoms with E-state index in [0.29, 0.717) is 29.4 Å². The Kier molecular flexibility index (Phi) is 5.72. The molecule has 3 aromatic heterocycles. The summed E-state index contributed by atoms with van der Waals surface area (Å²) in [5.74, 6) is 0.598. The van der Waals surface area contributed by atoms with E-state index >= 15 is 0 Å². The topological polar surface area (TPSA) is 143 Å². The van der Waals surface area contributed by atoms with Crippen LogP contribution < -0.4 is 15.4 Å². The van der Waals surface area contributed by atoms with Gasteiger partial charge in [-0.25, -0.2) is 9.37 Å². The third kappa shape index (κ3) is 3.96. The number of carbonyl (C=O) groups excluding carboxylic acids is 1. The fourth-order valence-electron chi connectivity index (χ4n) is 6.17. The number of rotatable bonds is 5. The second-order valence-electron chi connectivity index (χ2n) is 10.3. The number of aromatic amines is 1. The molecule has 1 aromatic carbocycles. The van der Waals surface area contributed by atoms with Crippen LogP contribution in [0.2, 0.25) is 0 Å². The number of hydrogen-bond donors (Lipinski definition) is 2. The van der Waals surface area contributed by atoms with E-state index in [-0.39, 0.29) is 35.5 Å². The van der Waals surface area contributed by atoms with Gasteiger partial charge in [0.1, 0.15) is 24.5 Å². The maximum absolute atomic E-state index is 14.2. The van der Waals surface area contributed by atoms with E-state index in [1.807, 2.05) is 28.1 Å². The van der Waals surface area contributed by atoms with Crippen molar-refractivity contribution in [3.63, 3.8) is 0 Å². The van der Waals surface area contributed by atoms with Crippen LogP contribution in [0.3, 0.4) is 0 Å². The van der Waals surface area contributed by atoms with Gasteiger partial charge in [0.15, 0.2) is 17.2 Å². The Labute approximate surface area is 228 Å². The number of H-pyrrole nitrogens is 1. The van der Waals surface area contributed by atoms with Gasteiger partial charge in [0.2, 0.25) is 5.82 Å². The number of benzene rings is 1. The number of fused-ring (bicyclic) bond motifs is 3. The Balaban J connectivity index is 1.13. The lowest BCUT2D eigenvalue weighted by atomic mass is 9.87. The molecule has 12 nitrogen and oxygen atoms in total. The minimum Gasteiger partial charge on any atom is -0.494 e. The molecule has 3 atom stereocenters. The first kappa shape index (κ1) is 24.2. The van der Waals surface area contributed by atoms with E-state index in [2.05, 4.69) is 25.3 Å². The van der Waals surface area contributed by atoms with Gasteiger partial charge >= 0.3 is 0 Å². The highest BCUT2D eigenvalue weighted by molar-refractivity contribution is 6.09. The van der Waals surface area contributed by atoms with Gasteiger partial charge < -0.3 is 25.3 Å². The lowest BCUT2D eigenvalue weighted by Gasteiger charge is -2.38. The van der Waals surface area contributed by atoms with Crippen molar-refractivity contribution >= 4 is 28.8 Å². The van der Waals surface area contributed by atoms with Crippen molar-refractivity contribution in [2.75, 3.05) is 24.4 Å². The zero-order valence-electron chi connectivity index (χ0n) is 21.7. The number of amides is 1. The van der Waals surface area contributed by atoms with Gasteiger partial charge in [0.25, 0.3) is 5.91 Å². The van der Waals surface area contributed by atoms with Crippen molar-refractivity contribution in [3.05, 3.63) is 72.0 Å². The van der Waals surface area contributed by atoms with Crippen LogP contribution in [0, 0.1) is 5.82 Å². The number of ether oxygens (including phenoxy) is 1. The fraction of sp³-hybridized carbons (Fsp3) is 0.333. The molecule has 3 aliphatic heterocycles. The quantitative estimate of drug-likeness (QED) is 0.392. The maximum Gasteiger partial charge on any atom is 0.292 e. The van der Waals surface area contributed by atoms with Crippen LogP contribution in [0.15, 0.2) is 54.1 Å². The largest absolute Gasteiger partial charge is 0.494 e. The van der Waals surface area contributed by atoms with Crippen molar-refractivity contribution in [3.8, 4) is 5.75 Å². The SMILES string of the molecule is COc1ccc(C2=NCN(c3cnn4c(N)cc([C@H]5C[C@H]6CC[C@@H](C5)N6C(=O)c5nnc[nH]5)nc34)C=C2)cc1F. The maximum atomic E-state index is 14.2. The molecule has 1 amide bonds. The summed E-state index contributed by atoms with van der Waals surface area (Å²) in [6, 6.07) is 6.91. The first-order valence-corrected chi connectivity index (χ1v) is 13.2. The van der Waals surface area contributed by atoms with Gasteiger partial charge in [-0.1, -0.05) is 0 Å². The highest BCUT2D eigenvalue weighted by Crippen LogP contribution is 2.43. The van der Waals surface area contributed by atoms with Crippen molar-refractivity contribution in [1.82, 2.24) is 34.7 Å². The van der Waals surface area contributed by atoms with Crippen LogP contribution >= 0.6 is 0 Å². The molecule has 4 aromatic rings. The molecule has 0 unspecified atom stereocenters. The Hall–Kier alpha value is -4.81. The van der Waals surface area contributed by atoms with E-state index in [1.165, 1.54) is 19.5 Å². The Morgan fingerprint density at radius 2 is 2.02 bits per heavy atom. The summed E-state index contributed by atoms with van der Waals surface area (Å²) in [7, 11) is 1.44. The number of aliphatic imine (C=N–C) groups is 1. The molecule has 3 aliphatic rings. The first-order valence-electron chi connectivity index (χ1n) is 13.2. The number of hydrogen-bond acceptors (Lipinski definition) is 9. The van der Waals surface area contributed by atoms with E-state index in [9.17, 15) is 9.18 Å². The van der Waals surface area contributed by atoms with Gasteiger partial charge in [0, 0.05) is 41.5 Å². The van der Waals surface area contributed by atoms with Crippen molar-refractivity contribution in [2.24, 2.45) is 4.99 Å². The number of allylic oxidation sites excluding steroid dienone is 1. The minimum atomic E-state index is -0.435. The zero-order valence-corrected chi connectivity index (χ0v) is 21.7. The van der Waals surface area contributed by atoms with Gasteiger partial charge in [-0.2, -0.15) is 9.61 Å². The molecule has 0 radical (unpaired) electrons. The first-order chi connectivity index (χ1) is 19.5. The number of methoxy groups -OCH3 is 1. The number of nitrogens with zero attached hydrogens (tertiary/aromatic N) is 8. The predicted molar refractivity (Wildman–Crippen MR) is 145 cm³/mol. The summed E-state index contributed by atoms with van der Waals surface area (Å²) < 4.78 is 20.9.